The van der Waals surface area contributed by atoms with Crippen LogP contribution < -0.4 is 14.4 Å². The monoisotopic (exact) mass is 324 g/mol. The maximum Gasteiger partial charge on any atom is 0.227 e. The average Bonchev–Trinajstić information content (AvgIpc) is 3.43. The molecule has 1 aliphatic carbocycles. The Morgan fingerprint density at radius 1 is 1.21 bits per heavy atom. The molecular weight excluding hydrogens is 304 g/mol. The fourth-order valence-corrected chi connectivity index (χ4v) is 2.68. The third kappa shape index (κ3) is 3.40. The first-order valence-corrected chi connectivity index (χ1v) is 7.88. The number of nitriles is 1. The van der Waals surface area contributed by atoms with E-state index in [2.05, 4.69) is 20.9 Å². The zero-order valence-corrected chi connectivity index (χ0v) is 14.1. The Labute approximate surface area is 141 Å². The van der Waals surface area contributed by atoms with E-state index in [0.29, 0.717) is 24.2 Å². The van der Waals surface area contributed by atoms with Crippen molar-refractivity contribution in [3.05, 3.63) is 41.2 Å². The van der Waals surface area contributed by atoms with Gasteiger partial charge in [-0.3, -0.25) is 0 Å². The number of aryl methyl sites for hydroxylation is 1. The Morgan fingerprint density at radius 3 is 2.62 bits per heavy atom. The van der Waals surface area contributed by atoms with Crippen LogP contribution >= 0.6 is 0 Å². The van der Waals surface area contributed by atoms with E-state index >= 15 is 0 Å². The quantitative estimate of drug-likeness (QED) is 0.813. The van der Waals surface area contributed by atoms with Crippen molar-refractivity contribution in [3.63, 3.8) is 0 Å². The first-order chi connectivity index (χ1) is 11.6. The maximum atomic E-state index is 9.17. The third-order valence-corrected chi connectivity index (χ3v) is 4.03. The molecule has 24 heavy (non-hydrogen) atoms. The van der Waals surface area contributed by atoms with Gasteiger partial charge >= 0.3 is 0 Å². The summed E-state index contributed by atoms with van der Waals surface area (Å²) in [6.45, 7) is 2.49. The molecule has 6 nitrogen and oxygen atoms in total. The molecule has 1 heterocycles. The van der Waals surface area contributed by atoms with E-state index in [4.69, 9.17) is 14.7 Å². The Kier molecular flexibility index (Phi) is 4.52. The smallest absolute Gasteiger partial charge is 0.227 e. The summed E-state index contributed by atoms with van der Waals surface area (Å²) >= 11 is 0. The molecule has 1 fully saturated rings. The lowest BCUT2D eigenvalue weighted by atomic mass is 10.1. The third-order valence-electron chi connectivity index (χ3n) is 4.03. The van der Waals surface area contributed by atoms with Crippen molar-refractivity contribution in [1.82, 2.24) is 9.97 Å². The molecule has 0 radical (unpaired) electrons. The van der Waals surface area contributed by atoms with Gasteiger partial charge in [0.15, 0.2) is 0 Å². The summed E-state index contributed by atoms with van der Waals surface area (Å²) < 4.78 is 10.8. The molecule has 0 bridgehead atoms. The lowest BCUT2D eigenvalue weighted by Crippen LogP contribution is -2.27. The predicted molar refractivity (Wildman–Crippen MR) is 90.2 cm³/mol. The number of aromatic nitrogens is 2. The molecule has 0 N–H and O–H groups in total. The number of benzene rings is 1. The van der Waals surface area contributed by atoms with E-state index in [1.54, 1.807) is 20.3 Å². The number of ether oxygens (including phenoxy) is 2. The number of nitrogens with zero attached hydrogens (tertiary/aromatic N) is 4. The largest absolute Gasteiger partial charge is 0.497 e. The van der Waals surface area contributed by atoms with Crippen LogP contribution in [-0.4, -0.2) is 30.2 Å². The predicted octanol–water partition coefficient (Wildman–Crippen LogP) is 2.84. The highest BCUT2D eigenvalue weighted by atomic mass is 16.5. The van der Waals surface area contributed by atoms with Gasteiger partial charge in [-0.1, -0.05) is 0 Å². The van der Waals surface area contributed by atoms with E-state index < -0.39 is 0 Å². The Hall–Kier alpha value is -2.81. The van der Waals surface area contributed by atoms with Crippen molar-refractivity contribution in [2.24, 2.45) is 0 Å². The van der Waals surface area contributed by atoms with E-state index in [1.807, 2.05) is 25.1 Å². The number of methoxy groups -OCH3 is 2. The van der Waals surface area contributed by atoms with E-state index in [-0.39, 0.29) is 0 Å². The second-order valence-corrected chi connectivity index (χ2v) is 5.84. The van der Waals surface area contributed by atoms with Crippen molar-refractivity contribution in [2.75, 3.05) is 19.1 Å². The highest BCUT2D eigenvalue weighted by molar-refractivity contribution is 5.45. The molecule has 0 aliphatic heterocycles. The summed E-state index contributed by atoms with van der Waals surface area (Å²) in [6, 6.07) is 9.94. The summed E-state index contributed by atoms with van der Waals surface area (Å²) in [6.07, 6.45) is 2.21. The molecular formula is C18H20N4O2. The lowest BCUT2D eigenvalue weighted by Gasteiger charge is -2.24. The van der Waals surface area contributed by atoms with Crippen molar-refractivity contribution in [3.8, 4) is 17.6 Å². The van der Waals surface area contributed by atoms with Crippen molar-refractivity contribution in [1.29, 1.82) is 5.26 Å². The van der Waals surface area contributed by atoms with Crippen LogP contribution in [0.5, 0.6) is 11.5 Å². The normalized spacial score (nSPS) is 13.2. The lowest BCUT2D eigenvalue weighted by molar-refractivity contribution is 0.398. The van der Waals surface area contributed by atoms with Crippen molar-refractivity contribution in [2.45, 2.75) is 32.4 Å². The van der Waals surface area contributed by atoms with Gasteiger partial charge in [-0.25, -0.2) is 9.97 Å². The zero-order chi connectivity index (χ0) is 17.1. The van der Waals surface area contributed by atoms with Crippen LogP contribution in [0.15, 0.2) is 24.3 Å². The van der Waals surface area contributed by atoms with E-state index in [0.717, 1.165) is 35.6 Å². The minimum atomic E-state index is 0.390. The first kappa shape index (κ1) is 16.1. The van der Waals surface area contributed by atoms with Gasteiger partial charge in [0.1, 0.15) is 23.3 Å². The number of rotatable bonds is 6. The molecule has 1 aliphatic rings. The van der Waals surface area contributed by atoms with Crippen LogP contribution in [-0.2, 0) is 6.54 Å². The summed E-state index contributed by atoms with van der Waals surface area (Å²) in [5, 5.41) is 9.17. The molecule has 3 rings (SSSR count). The van der Waals surface area contributed by atoms with Crippen molar-refractivity contribution < 1.29 is 9.47 Å². The molecule has 0 spiro atoms. The summed E-state index contributed by atoms with van der Waals surface area (Å²) in [4.78, 5) is 11.1. The fraction of sp³-hybridized carbons (Fsp3) is 0.389. The number of hydrogen-bond donors (Lipinski definition) is 0. The van der Waals surface area contributed by atoms with Gasteiger partial charge in [0.25, 0.3) is 0 Å². The molecule has 1 saturated carbocycles. The van der Waals surface area contributed by atoms with Gasteiger partial charge in [-0.2, -0.15) is 5.26 Å². The molecule has 0 saturated heterocycles. The fourth-order valence-electron chi connectivity index (χ4n) is 2.68. The SMILES string of the molecule is COc1ccc(OC)c(CN(c2nc(C)cc(C#N)n2)C2CC2)c1. The number of hydrogen-bond acceptors (Lipinski definition) is 6. The number of anilines is 1. The van der Waals surface area contributed by atoms with E-state index in [1.165, 1.54) is 0 Å². The minimum Gasteiger partial charge on any atom is -0.497 e. The minimum absolute atomic E-state index is 0.390. The van der Waals surface area contributed by atoms with Gasteiger partial charge in [0.05, 0.1) is 14.2 Å². The van der Waals surface area contributed by atoms with Crippen LogP contribution in [0.4, 0.5) is 5.95 Å². The second-order valence-electron chi connectivity index (χ2n) is 5.84. The van der Waals surface area contributed by atoms with Crippen LogP contribution in [0, 0.1) is 18.3 Å². The highest BCUT2D eigenvalue weighted by Crippen LogP contribution is 2.34. The molecule has 1 aromatic carbocycles. The van der Waals surface area contributed by atoms with Gasteiger partial charge in [0, 0.05) is 23.8 Å². The van der Waals surface area contributed by atoms with Crippen LogP contribution in [0.25, 0.3) is 0 Å². The molecule has 0 atom stereocenters. The standard InChI is InChI=1S/C18H20N4O2/c1-12-8-14(10-19)21-18(20-12)22(15-4-5-15)11-13-9-16(23-2)6-7-17(13)24-3/h6-9,15H,4-5,11H2,1-3H3. The van der Waals surface area contributed by atoms with Gasteiger partial charge < -0.3 is 14.4 Å². The van der Waals surface area contributed by atoms with Crippen LogP contribution in [0.2, 0.25) is 0 Å². The van der Waals surface area contributed by atoms with Crippen molar-refractivity contribution >= 4 is 5.95 Å². The second kappa shape index (κ2) is 6.75. The Morgan fingerprint density at radius 2 is 2.00 bits per heavy atom. The van der Waals surface area contributed by atoms with Gasteiger partial charge in [0.2, 0.25) is 5.95 Å². The summed E-state index contributed by atoms with van der Waals surface area (Å²) in [7, 11) is 3.30. The Bertz CT molecular complexity index is 781. The molecule has 6 heteroatoms. The Balaban J connectivity index is 1.96. The highest BCUT2D eigenvalue weighted by Gasteiger charge is 2.32. The average molecular weight is 324 g/mol. The summed E-state index contributed by atoms with van der Waals surface area (Å²) in [5.74, 6) is 2.18. The summed E-state index contributed by atoms with van der Waals surface area (Å²) in [5.41, 5.74) is 2.19. The van der Waals surface area contributed by atoms with Gasteiger partial charge in [-0.15, -0.1) is 0 Å². The van der Waals surface area contributed by atoms with Gasteiger partial charge in [-0.05, 0) is 44.0 Å². The molecule has 0 amide bonds. The van der Waals surface area contributed by atoms with Crippen LogP contribution in [0.1, 0.15) is 29.8 Å². The first-order valence-electron chi connectivity index (χ1n) is 7.88. The molecule has 1 aromatic heterocycles. The zero-order valence-electron chi connectivity index (χ0n) is 14.1. The molecule has 2 aromatic rings. The molecule has 0 unspecified atom stereocenters. The maximum absolute atomic E-state index is 9.17. The topological polar surface area (TPSA) is 71.3 Å². The van der Waals surface area contributed by atoms with Crippen LogP contribution in [0.3, 0.4) is 0 Å². The van der Waals surface area contributed by atoms with E-state index in [9.17, 15) is 0 Å². The molecule has 124 valence electrons.